The zero-order chi connectivity index (χ0) is 25.2. The zero-order valence-electron chi connectivity index (χ0n) is 23.3. The number of fused-ring (bicyclic) bond motifs is 3. The van der Waals surface area contributed by atoms with E-state index in [0.717, 1.165) is 12.6 Å². The van der Waals surface area contributed by atoms with E-state index >= 15 is 0 Å². The van der Waals surface area contributed by atoms with Gasteiger partial charge in [0.05, 0.1) is 0 Å². The van der Waals surface area contributed by atoms with Crippen molar-refractivity contribution in [3.63, 3.8) is 0 Å². The first-order chi connectivity index (χ1) is 16.1. The van der Waals surface area contributed by atoms with Crippen LogP contribution in [0.15, 0.2) is 60.7 Å². The number of rotatable bonds is 5. The molecule has 0 nitrogen and oxygen atoms in total. The smallest absolute Gasteiger partial charge is 0.172 e. The standard InChI is InChI=1S/C21H25.C6H14Si.C5H5.2ClH.Zr/c1-20(2,3)16-9-7-14-11-15-8-10-17(21(4,5)6)13-19(15)18(14)12-16;1-2-3-4-5-6-7;1-2-4-5-3-1;;;/h7,9-10,12-13H,11H2,1-6H3;7H,2-6H2,1H3;1-5H;2*1H;/q-1;;-1;;;+2/p-2. The molecule has 3 aromatic rings. The van der Waals surface area contributed by atoms with Crippen molar-refractivity contribution in [1.82, 2.24) is 0 Å². The molecule has 0 spiro atoms. The van der Waals surface area contributed by atoms with Crippen LogP contribution in [-0.2, 0) is 40.6 Å². The van der Waals surface area contributed by atoms with Crippen molar-refractivity contribution in [3.05, 3.63) is 89.0 Å². The maximum absolute atomic E-state index is 3.53. The Morgan fingerprint density at radius 3 is 1.97 bits per heavy atom. The first kappa shape index (κ1) is 35.5. The number of hydrogen-bond donors (Lipinski definition) is 0. The van der Waals surface area contributed by atoms with Gasteiger partial charge in [-0.05, 0) is 17.4 Å². The van der Waals surface area contributed by atoms with Crippen molar-refractivity contribution in [1.29, 1.82) is 0 Å². The van der Waals surface area contributed by atoms with Crippen LogP contribution in [0.25, 0.3) is 11.1 Å². The SMILES string of the molecule is CC(C)(C)c1c[c-]c2c(c1)-c1cc(C(C)(C)C)ccc1C2.CCCCCC[SiH]=[Zr+2].[Cl-].[Cl-].c1cc[cH-]c1. The van der Waals surface area contributed by atoms with E-state index in [1.165, 1.54) is 59.1 Å². The summed E-state index contributed by atoms with van der Waals surface area (Å²) in [5, 5.41) is 0. The van der Waals surface area contributed by atoms with Gasteiger partial charge in [0.1, 0.15) is 0 Å². The Morgan fingerprint density at radius 1 is 0.861 bits per heavy atom. The number of hydrogen-bond acceptors (Lipinski definition) is 0. The molecule has 0 bridgehead atoms. The Kier molecular flexibility index (Phi) is 16.9. The Labute approximate surface area is 250 Å². The fourth-order valence-electron chi connectivity index (χ4n) is 3.98. The van der Waals surface area contributed by atoms with Crippen molar-refractivity contribution < 1.29 is 48.1 Å². The third-order valence-corrected chi connectivity index (χ3v) is 9.11. The molecule has 0 fully saturated rings. The average molecular weight is 619 g/mol. The molecular weight excluding hydrogens is 575 g/mol. The van der Waals surface area contributed by atoms with E-state index in [4.69, 9.17) is 0 Å². The molecule has 0 unspecified atom stereocenters. The zero-order valence-corrected chi connectivity index (χ0v) is 28.5. The second kappa shape index (κ2) is 17.1. The molecule has 1 aliphatic rings. The van der Waals surface area contributed by atoms with E-state index in [0.29, 0.717) is 0 Å². The fraction of sp³-hybridized carbons (Fsp3) is 0.469. The van der Waals surface area contributed by atoms with Crippen molar-refractivity contribution in [2.75, 3.05) is 0 Å². The Bertz CT molecular complexity index is 933. The van der Waals surface area contributed by atoms with Crippen molar-refractivity contribution >= 4 is 6.16 Å². The van der Waals surface area contributed by atoms with Crippen LogP contribution in [0.1, 0.15) is 96.4 Å². The summed E-state index contributed by atoms with van der Waals surface area (Å²) in [6.45, 7) is 15.9. The van der Waals surface area contributed by atoms with Gasteiger partial charge in [-0.2, -0.15) is 47.5 Å². The summed E-state index contributed by atoms with van der Waals surface area (Å²) in [7, 11) is 0. The summed E-state index contributed by atoms with van der Waals surface area (Å²) in [6, 6.07) is 26.6. The van der Waals surface area contributed by atoms with Crippen molar-refractivity contribution in [2.24, 2.45) is 0 Å². The monoisotopic (exact) mass is 616 g/mol. The predicted octanol–water partition coefficient (Wildman–Crippen LogP) is 2.95. The maximum atomic E-state index is 3.53. The van der Waals surface area contributed by atoms with Gasteiger partial charge in [0.25, 0.3) is 0 Å². The molecule has 0 saturated carbocycles. The van der Waals surface area contributed by atoms with Crippen LogP contribution in [0, 0.1) is 6.07 Å². The van der Waals surface area contributed by atoms with Crippen LogP contribution in [0.4, 0.5) is 0 Å². The quantitative estimate of drug-likeness (QED) is 0.183. The molecule has 4 rings (SSSR count). The maximum Gasteiger partial charge on any atom is -0.172 e. The predicted molar refractivity (Wildman–Crippen MR) is 149 cm³/mol. The van der Waals surface area contributed by atoms with E-state index in [-0.39, 0.29) is 35.6 Å². The van der Waals surface area contributed by atoms with E-state index in [1.54, 1.807) is 29.4 Å². The van der Waals surface area contributed by atoms with Gasteiger partial charge in [-0.1, -0.05) is 76.3 Å². The second-order valence-corrected chi connectivity index (χ2v) is 15.3. The molecule has 196 valence electrons. The van der Waals surface area contributed by atoms with Crippen molar-refractivity contribution in [3.8, 4) is 11.1 Å². The molecule has 0 aliphatic heterocycles. The number of benzene rings is 2. The van der Waals surface area contributed by atoms with Crippen LogP contribution in [-0.4, -0.2) is 6.16 Å². The van der Waals surface area contributed by atoms with Gasteiger partial charge in [-0.3, -0.25) is 0 Å². The summed E-state index contributed by atoms with van der Waals surface area (Å²) < 4.78 is 0. The molecule has 0 saturated heterocycles. The second-order valence-electron chi connectivity index (χ2n) is 11.3. The molecule has 3 aromatic carbocycles. The minimum absolute atomic E-state index is 0. The van der Waals surface area contributed by atoms with E-state index in [9.17, 15) is 0 Å². The van der Waals surface area contributed by atoms with Gasteiger partial charge in [-0.25, -0.2) is 12.1 Å². The molecule has 4 heteroatoms. The first-order valence-electron chi connectivity index (χ1n) is 12.9. The minimum Gasteiger partial charge on any atom is -1.00 e. The Hall–Kier alpha value is -0.530. The Balaban J connectivity index is 0.000000681. The average Bonchev–Trinajstić information content (AvgIpc) is 3.47. The molecule has 0 heterocycles. The topological polar surface area (TPSA) is 0 Å². The van der Waals surface area contributed by atoms with Gasteiger partial charge >= 0.3 is 68.1 Å². The fourth-order valence-corrected chi connectivity index (χ4v) is 5.98. The normalized spacial score (nSPS) is 11.4. The molecule has 0 N–H and O–H groups in total. The molecule has 36 heavy (non-hydrogen) atoms. The van der Waals surface area contributed by atoms with E-state index < -0.39 is 0 Å². The minimum atomic E-state index is 0. The van der Waals surface area contributed by atoms with Crippen molar-refractivity contribution in [2.45, 2.75) is 97.4 Å². The molecule has 0 atom stereocenters. The summed E-state index contributed by atoms with van der Waals surface area (Å²) in [5.74, 6) is 0. The molecular formula is C32H44Cl2SiZr-2. The Morgan fingerprint density at radius 2 is 1.47 bits per heavy atom. The summed E-state index contributed by atoms with van der Waals surface area (Å²) >= 11 is 1.79. The van der Waals surface area contributed by atoms with Crippen LogP contribution in [0.3, 0.4) is 0 Å². The summed E-state index contributed by atoms with van der Waals surface area (Å²) in [6.07, 6.45) is 7.72. The number of unbranched alkanes of at least 4 members (excludes halogenated alkanes) is 3. The largest absolute Gasteiger partial charge is 1.00 e. The number of halogens is 2. The van der Waals surface area contributed by atoms with Crippen LogP contribution in [0.2, 0.25) is 6.04 Å². The van der Waals surface area contributed by atoms with Crippen LogP contribution < -0.4 is 24.8 Å². The van der Waals surface area contributed by atoms with E-state index in [2.05, 4.69) is 84.9 Å². The molecule has 0 radical (unpaired) electrons. The third kappa shape index (κ3) is 11.5. The van der Waals surface area contributed by atoms with E-state index in [1.807, 2.05) is 30.3 Å². The molecule has 0 aromatic heterocycles. The van der Waals surface area contributed by atoms with Crippen LogP contribution in [0.5, 0.6) is 0 Å². The van der Waals surface area contributed by atoms with Gasteiger partial charge in [0.2, 0.25) is 0 Å². The first-order valence-corrected chi connectivity index (χ1v) is 18.6. The third-order valence-electron chi connectivity index (χ3n) is 6.28. The summed E-state index contributed by atoms with van der Waals surface area (Å²) in [4.78, 5) is 0. The molecule has 0 amide bonds. The molecule has 1 aliphatic carbocycles. The summed E-state index contributed by atoms with van der Waals surface area (Å²) in [5.41, 5.74) is 8.76. The van der Waals surface area contributed by atoms with Gasteiger partial charge in [0, 0.05) is 0 Å². The van der Waals surface area contributed by atoms with Gasteiger partial charge < -0.3 is 24.8 Å². The van der Waals surface area contributed by atoms with Gasteiger partial charge in [-0.15, -0.1) is 5.56 Å². The van der Waals surface area contributed by atoms with Crippen LogP contribution >= 0.6 is 0 Å². The van der Waals surface area contributed by atoms with Gasteiger partial charge in [0.15, 0.2) is 0 Å².